The fourth-order valence-electron chi connectivity index (χ4n) is 1.49. The van der Waals surface area contributed by atoms with E-state index in [4.69, 9.17) is 15.9 Å². The van der Waals surface area contributed by atoms with Crippen molar-refractivity contribution in [3.8, 4) is 0 Å². The zero-order valence-electron chi connectivity index (χ0n) is 8.76. The van der Waals surface area contributed by atoms with Crippen LogP contribution in [-0.2, 0) is 6.54 Å². The van der Waals surface area contributed by atoms with Crippen LogP contribution in [0.5, 0.6) is 0 Å². The molecule has 4 N–H and O–H groups in total. The summed E-state index contributed by atoms with van der Waals surface area (Å²) in [5, 5.41) is 17.8. The molecule has 84 valence electrons. The van der Waals surface area contributed by atoms with Crippen LogP contribution in [0.4, 0.5) is 5.69 Å². The minimum Gasteiger partial charge on any atom is -0.395 e. The zero-order chi connectivity index (χ0) is 11.1. The van der Waals surface area contributed by atoms with Crippen LogP contribution in [0.2, 0.25) is 0 Å². The van der Waals surface area contributed by atoms with Gasteiger partial charge in [0.05, 0.1) is 13.2 Å². The second kappa shape index (κ2) is 6.40. The first kappa shape index (κ1) is 12.0. The number of aliphatic hydroxyl groups excluding tert-OH is 2. The van der Waals surface area contributed by atoms with Crippen molar-refractivity contribution in [2.75, 3.05) is 31.2 Å². The van der Waals surface area contributed by atoms with Crippen LogP contribution in [0.1, 0.15) is 5.56 Å². The highest BCUT2D eigenvalue weighted by atomic mass is 16.3. The van der Waals surface area contributed by atoms with E-state index in [9.17, 15) is 0 Å². The summed E-state index contributed by atoms with van der Waals surface area (Å²) in [6.45, 7) is 1.70. The first-order chi connectivity index (χ1) is 7.31. The molecule has 0 spiro atoms. The number of nitrogens with two attached hydrogens (primary N) is 1. The predicted molar refractivity (Wildman–Crippen MR) is 60.7 cm³/mol. The van der Waals surface area contributed by atoms with E-state index >= 15 is 0 Å². The van der Waals surface area contributed by atoms with Gasteiger partial charge in [-0.05, 0) is 17.7 Å². The molecule has 0 radical (unpaired) electrons. The third kappa shape index (κ3) is 3.51. The number of aliphatic hydroxyl groups is 2. The summed E-state index contributed by atoms with van der Waals surface area (Å²) in [5.74, 6) is 0. The monoisotopic (exact) mass is 210 g/mol. The smallest absolute Gasteiger partial charge is 0.0606 e. The topological polar surface area (TPSA) is 69.7 Å². The molecule has 15 heavy (non-hydrogen) atoms. The fourth-order valence-corrected chi connectivity index (χ4v) is 1.49. The molecule has 0 fully saturated rings. The van der Waals surface area contributed by atoms with Gasteiger partial charge in [-0.1, -0.05) is 12.1 Å². The Balaban J connectivity index is 2.79. The average Bonchev–Trinajstić information content (AvgIpc) is 2.29. The number of anilines is 1. The molecule has 1 rings (SSSR count). The van der Waals surface area contributed by atoms with Gasteiger partial charge in [-0.25, -0.2) is 0 Å². The third-order valence-corrected chi connectivity index (χ3v) is 2.25. The summed E-state index contributed by atoms with van der Waals surface area (Å²) < 4.78 is 0. The highest BCUT2D eigenvalue weighted by molar-refractivity contribution is 5.48. The number of benzene rings is 1. The molecule has 1 aromatic carbocycles. The van der Waals surface area contributed by atoms with Crippen molar-refractivity contribution in [3.05, 3.63) is 29.8 Å². The Hall–Kier alpha value is -1.10. The second-order valence-corrected chi connectivity index (χ2v) is 3.31. The Morgan fingerprint density at radius 1 is 1.13 bits per heavy atom. The molecule has 0 aliphatic rings. The van der Waals surface area contributed by atoms with E-state index < -0.39 is 0 Å². The quantitative estimate of drug-likeness (QED) is 0.615. The first-order valence-corrected chi connectivity index (χ1v) is 5.07. The van der Waals surface area contributed by atoms with Crippen LogP contribution >= 0.6 is 0 Å². The minimum absolute atomic E-state index is 0.0762. The Morgan fingerprint density at radius 3 is 2.33 bits per heavy atom. The van der Waals surface area contributed by atoms with Crippen LogP contribution in [0.25, 0.3) is 0 Å². The zero-order valence-corrected chi connectivity index (χ0v) is 8.76. The fraction of sp³-hybridized carbons (Fsp3) is 0.455. The van der Waals surface area contributed by atoms with E-state index in [-0.39, 0.29) is 13.2 Å². The Kier molecular flexibility index (Phi) is 5.10. The van der Waals surface area contributed by atoms with Crippen molar-refractivity contribution in [3.63, 3.8) is 0 Å². The maximum Gasteiger partial charge on any atom is 0.0606 e. The van der Waals surface area contributed by atoms with E-state index in [1.165, 1.54) is 0 Å². The van der Waals surface area contributed by atoms with Crippen LogP contribution < -0.4 is 10.6 Å². The average molecular weight is 210 g/mol. The van der Waals surface area contributed by atoms with E-state index in [1.54, 1.807) is 0 Å². The van der Waals surface area contributed by atoms with Crippen LogP contribution in [0.3, 0.4) is 0 Å². The standard InChI is InChI=1S/C11H18N2O2/c12-9-10-2-1-3-11(8-10)13(4-6-14)5-7-15/h1-3,8,14-15H,4-7,9,12H2. The summed E-state index contributed by atoms with van der Waals surface area (Å²) in [5.41, 5.74) is 7.59. The molecule has 0 saturated heterocycles. The second-order valence-electron chi connectivity index (χ2n) is 3.31. The Bertz CT molecular complexity index is 286. The van der Waals surface area contributed by atoms with Gasteiger partial charge in [0.15, 0.2) is 0 Å². The lowest BCUT2D eigenvalue weighted by molar-refractivity contribution is 0.281. The number of nitrogens with zero attached hydrogens (tertiary/aromatic N) is 1. The lowest BCUT2D eigenvalue weighted by atomic mass is 10.2. The Morgan fingerprint density at radius 2 is 1.80 bits per heavy atom. The van der Waals surface area contributed by atoms with E-state index in [0.717, 1.165) is 11.3 Å². The molecule has 0 amide bonds. The van der Waals surface area contributed by atoms with Gasteiger partial charge >= 0.3 is 0 Å². The molecular formula is C11H18N2O2. The SMILES string of the molecule is NCc1cccc(N(CCO)CCO)c1. The van der Waals surface area contributed by atoms with Crippen molar-refractivity contribution < 1.29 is 10.2 Å². The molecule has 4 nitrogen and oxygen atoms in total. The highest BCUT2D eigenvalue weighted by Crippen LogP contribution is 2.15. The maximum atomic E-state index is 8.90. The minimum atomic E-state index is 0.0762. The van der Waals surface area contributed by atoms with Gasteiger partial charge in [-0.3, -0.25) is 0 Å². The van der Waals surface area contributed by atoms with E-state index in [0.29, 0.717) is 19.6 Å². The van der Waals surface area contributed by atoms with Gasteiger partial charge < -0.3 is 20.8 Å². The molecule has 0 aliphatic carbocycles. The van der Waals surface area contributed by atoms with Gasteiger partial charge in [0.25, 0.3) is 0 Å². The molecule has 0 aromatic heterocycles. The molecule has 0 aliphatic heterocycles. The van der Waals surface area contributed by atoms with Crippen molar-refractivity contribution in [1.29, 1.82) is 0 Å². The Labute approximate surface area is 89.9 Å². The van der Waals surface area contributed by atoms with Crippen molar-refractivity contribution in [2.45, 2.75) is 6.54 Å². The lowest BCUT2D eigenvalue weighted by Crippen LogP contribution is -2.29. The van der Waals surface area contributed by atoms with Gasteiger partial charge in [-0.2, -0.15) is 0 Å². The molecular weight excluding hydrogens is 192 g/mol. The number of hydrogen-bond acceptors (Lipinski definition) is 4. The summed E-state index contributed by atoms with van der Waals surface area (Å²) >= 11 is 0. The van der Waals surface area contributed by atoms with Crippen LogP contribution in [0, 0.1) is 0 Å². The van der Waals surface area contributed by atoms with Crippen LogP contribution in [-0.4, -0.2) is 36.5 Å². The molecule has 0 saturated carbocycles. The maximum absolute atomic E-state index is 8.90. The van der Waals surface area contributed by atoms with Crippen molar-refractivity contribution in [1.82, 2.24) is 0 Å². The molecule has 1 aromatic rings. The van der Waals surface area contributed by atoms with Crippen molar-refractivity contribution >= 4 is 5.69 Å². The van der Waals surface area contributed by atoms with Crippen molar-refractivity contribution in [2.24, 2.45) is 5.73 Å². The van der Waals surface area contributed by atoms with Crippen LogP contribution in [0.15, 0.2) is 24.3 Å². The van der Waals surface area contributed by atoms with E-state index in [2.05, 4.69) is 0 Å². The van der Waals surface area contributed by atoms with E-state index in [1.807, 2.05) is 29.2 Å². The summed E-state index contributed by atoms with van der Waals surface area (Å²) in [6, 6.07) is 7.81. The van der Waals surface area contributed by atoms with Gasteiger partial charge in [0.2, 0.25) is 0 Å². The summed E-state index contributed by atoms with van der Waals surface area (Å²) in [4.78, 5) is 1.93. The molecule has 0 bridgehead atoms. The third-order valence-electron chi connectivity index (χ3n) is 2.25. The normalized spacial score (nSPS) is 10.3. The summed E-state index contributed by atoms with van der Waals surface area (Å²) in [7, 11) is 0. The predicted octanol–water partition coefficient (Wildman–Crippen LogP) is -0.0637. The lowest BCUT2D eigenvalue weighted by Gasteiger charge is -2.23. The largest absolute Gasteiger partial charge is 0.395 e. The molecule has 0 heterocycles. The number of rotatable bonds is 6. The van der Waals surface area contributed by atoms with Gasteiger partial charge in [0, 0.05) is 25.3 Å². The molecule has 0 atom stereocenters. The highest BCUT2D eigenvalue weighted by Gasteiger charge is 2.05. The van der Waals surface area contributed by atoms with Gasteiger partial charge in [0.1, 0.15) is 0 Å². The molecule has 4 heteroatoms. The molecule has 0 unspecified atom stereocenters. The summed E-state index contributed by atoms with van der Waals surface area (Å²) in [6.07, 6.45) is 0. The first-order valence-electron chi connectivity index (χ1n) is 5.07. The number of hydrogen-bond donors (Lipinski definition) is 3. The van der Waals surface area contributed by atoms with Gasteiger partial charge in [-0.15, -0.1) is 0 Å².